The molecule has 1 aromatic heterocycles. The van der Waals surface area contributed by atoms with Crippen molar-refractivity contribution in [2.24, 2.45) is 0 Å². The van der Waals surface area contributed by atoms with Crippen molar-refractivity contribution in [1.82, 2.24) is 20.3 Å². The predicted octanol–water partition coefficient (Wildman–Crippen LogP) is 0.112. The number of rotatable bonds is 5. The summed E-state index contributed by atoms with van der Waals surface area (Å²) in [6.45, 7) is 6.65. The molecule has 0 bridgehead atoms. The first-order valence-corrected chi connectivity index (χ1v) is 6.33. The van der Waals surface area contributed by atoms with Gasteiger partial charge in [0.2, 0.25) is 11.9 Å². The van der Waals surface area contributed by atoms with Crippen LogP contribution in [0.3, 0.4) is 0 Å². The third-order valence-corrected chi connectivity index (χ3v) is 2.72. The molecule has 0 aliphatic carbocycles. The fourth-order valence-corrected chi connectivity index (χ4v) is 1.76. The standard InChI is InChI=1S/C11H20N6O/c1-3-4-13-9-14-10(16-11(15-9)18-2)17-7-5-12-6-8-17/h12H,3-8H2,1-2H3,(H,13,14,15,16). The van der Waals surface area contributed by atoms with Gasteiger partial charge in [0.25, 0.3) is 0 Å². The second-order valence-electron chi connectivity index (χ2n) is 4.11. The molecule has 0 atom stereocenters. The number of piperazine rings is 1. The smallest absolute Gasteiger partial charge is 0.322 e. The second-order valence-corrected chi connectivity index (χ2v) is 4.11. The molecule has 1 aliphatic heterocycles. The Morgan fingerprint density at radius 2 is 2.06 bits per heavy atom. The van der Waals surface area contributed by atoms with Gasteiger partial charge in [-0.15, -0.1) is 0 Å². The number of hydrogen-bond acceptors (Lipinski definition) is 7. The summed E-state index contributed by atoms with van der Waals surface area (Å²) in [5, 5.41) is 6.47. The molecule has 2 N–H and O–H groups in total. The Hall–Kier alpha value is -1.63. The third kappa shape index (κ3) is 3.19. The fraction of sp³-hybridized carbons (Fsp3) is 0.727. The molecule has 1 saturated heterocycles. The molecule has 1 fully saturated rings. The largest absolute Gasteiger partial charge is 0.467 e. The van der Waals surface area contributed by atoms with Crippen LogP contribution in [0.5, 0.6) is 6.01 Å². The number of hydrogen-bond donors (Lipinski definition) is 2. The van der Waals surface area contributed by atoms with E-state index in [0.717, 1.165) is 39.1 Å². The minimum Gasteiger partial charge on any atom is -0.467 e. The van der Waals surface area contributed by atoms with Crippen LogP contribution in [-0.2, 0) is 0 Å². The molecule has 0 amide bonds. The van der Waals surface area contributed by atoms with E-state index in [1.165, 1.54) is 0 Å². The number of ether oxygens (including phenoxy) is 1. The lowest BCUT2D eigenvalue weighted by Gasteiger charge is -2.27. The van der Waals surface area contributed by atoms with E-state index in [1.807, 2.05) is 0 Å². The van der Waals surface area contributed by atoms with Gasteiger partial charge in [-0.05, 0) is 6.42 Å². The lowest BCUT2D eigenvalue weighted by molar-refractivity contribution is 0.378. The third-order valence-electron chi connectivity index (χ3n) is 2.72. The van der Waals surface area contributed by atoms with Crippen LogP contribution in [0.2, 0.25) is 0 Å². The summed E-state index contributed by atoms with van der Waals surface area (Å²) < 4.78 is 5.12. The van der Waals surface area contributed by atoms with Crippen molar-refractivity contribution in [2.75, 3.05) is 50.1 Å². The molecular weight excluding hydrogens is 232 g/mol. The van der Waals surface area contributed by atoms with Gasteiger partial charge in [-0.3, -0.25) is 0 Å². The normalized spacial score (nSPS) is 15.6. The predicted molar refractivity (Wildman–Crippen MR) is 70.2 cm³/mol. The van der Waals surface area contributed by atoms with Crippen LogP contribution >= 0.6 is 0 Å². The van der Waals surface area contributed by atoms with Gasteiger partial charge in [0, 0.05) is 32.7 Å². The van der Waals surface area contributed by atoms with Crippen molar-refractivity contribution < 1.29 is 4.74 Å². The van der Waals surface area contributed by atoms with Crippen LogP contribution in [0.1, 0.15) is 13.3 Å². The monoisotopic (exact) mass is 252 g/mol. The van der Waals surface area contributed by atoms with E-state index in [1.54, 1.807) is 7.11 Å². The van der Waals surface area contributed by atoms with Crippen LogP contribution in [-0.4, -0.2) is 54.8 Å². The van der Waals surface area contributed by atoms with E-state index < -0.39 is 0 Å². The molecule has 0 unspecified atom stereocenters. The molecule has 2 rings (SSSR count). The molecule has 2 heterocycles. The van der Waals surface area contributed by atoms with Crippen molar-refractivity contribution in [3.05, 3.63) is 0 Å². The van der Waals surface area contributed by atoms with Gasteiger partial charge in [-0.1, -0.05) is 6.92 Å². The summed E-state index contributed by atoms with van der Waals surface area (Å²) in [6.07, 6.45) is 1.02. The van der Waals surface area contributed by atoms with Gasteiger partial charge in [0.1, 0.15) is 0 Å². The highest BCUT2D eigenvalue weighted by Gasteiger charge is 2.15. The highest BCUT2D eigenvalue weighted by molar-refractivity contribution is 5.38. The summed E-state index contributed by atoms with van der Waals surface area (Å²) in [7, 11) is 1.57. The van der Waals surface area contributed by atoms with Crippen molar-refractivity contribution >= 4 is 11.9 Å². The second kappa shape index (κ2) is 6.34. The lowest BCUT2D eigenvalue weighted by atomic mass is 10.4. The van der Waals surface area contributed by atoms with Gasteiger partial charge in [0.05, 0.1) is 7.11 Å². The maximum Gasteiger partial charge on any atom is 0.322 e. The lowest BCUT2D eigenvalue weighted by Crippen LogP contribution is -2.44. The Kier molecular flexibility index (Phi) is 4.52. The first-order chi connectivity index (χ1) is 8.83. The number of nitrogens with zero attached hydrogens (tertiary/aromatic N) is 4. The Labute approximate surface area is 107 Å². The average molecular weight is 252 g/mol. The molecule has 0 radical (unpaired) electrons. The SMILES string of the molecule is CCCNc1nc(OC)nc(N2CCNCC2)n1. The number of anilines is 2. The maximum absolute atomic E-state index is 5.12. The molecule has 1 aromatic rings. The zero-order valence-corrected chi connectivity index (χ0v) is 10.9. The highest BCUT2D eigenvalue weighted by Crippen LogP contribution is 2.15. The van der Waals surface area contributed by atoms with Gasteiger partial charge in [-0.25, -0.2) is 0 Å². The van der Waals surface area contributed by atoms with E-state index in [2.05, 4.69) is 37.4 Å². The van der Waals surface area contributed by atoms with E-state index >= 15 is 0 Å². The first-order valence-electron chi connectivity index (χ1n) is 6.33. The van der Waals surface area contributed by atoms with Gasteiger partial charge in [-0.2, -0.15) is 15.0 Å². The molecule has 0 spiro atoms. The molecule has 1 aliphatic rings. The molecule has 7 heteroatoms. The summed E-state index contributed by atoms with van der Waals surface area (Å²) in [5.74, 6) is 1.26. The first kappa shape index (κ1) is 12.8. The summed E-state index contributed by atoms with van der Waals surface area (Å²) >= 11 is 0. The summed E-state index contributed by atoms with van der Waals surface area (Å²) in [5.41, 5.74) is 0. The Morgan fingerprint density at radius 3 is 2.72 bits per heavy atom. The number of methoxy groups -OCH3 is 1. The van der Waals surface area contributed by atoms with E-state index in [9.17, 15) is 0 Å². The minimum absolute atomic E-state index is 0.358. The van der Waals surface area contributed by atoms with Crippen LogP contribution in [0.4, 0.5) is 11.9 Å². The van der Waals surface area contributed by atoms with Crippen molar-refractivity contribution in [3.8, 4) is 6.01 Å². The van der Waals surface area contributed by atoms with Crippen LogP contribution < -0.4 is 20.3 Å². The summed E-state index contributed by atoms with van der Waals surface area (Å²) in [6, 6.07) is 0.358. The molecule has 18 heavy (non-hydrogen) atoms. The molecule has 0 saturated carbocycles. The van der Waals surface area contributed by atoms with E-state index in [-0.39, 0.29) is 0 Å². The molecular formula is C11H20N6O. The zero-order chi connectivity index (χ0) is 12.8. The quantitative estimate of drug-likeness (QED) is 0.770. The topological polar surface area (TPSA) is 75.2 Å². The molecule has 7 nitrogen and oxygen atoms in total. The van der Waals surface area contributed by atoms with Crippen molar-refractivity contribution in [3.63, 3.8) is 0 Å². The highest BCUT2D eigenvalue weighted by atomic mass is 16.5. The molecule has 0 aromatic carbocycles. The number of aromatic nitrogens is 3. The fourth-order valence-electron chi connectivity index (χ4n) is 1.76. The minimum atomic E-state index is 0.358. The average Bonchev–Trinajstić information content (AvgIpc) is 2.45. The Bertz CT molecular complexity index is 380. The Morgan fingerprint density at radius 1 is 1.28 bits per heavy atom. The van der Waals surface area contributed by atoms with Gasteiger partial charge >= 0.3 is 6.01 Å². The van der Waals surface area contributed by atoms with Crippen molar-refractivity contribution in [2.45, 2.75) is 13.3 Å². The van der Waals surface area contributed by atoms with Crippen LogP contribution in [0, 0.1) is 0 Å². The number of nitrogens with one attached hydrogen (secondary N) is 2. The van der Waals surface area contributed by atoms with E-state index in [4.69, 9.17) is 4.74 Å². The van der Waals surface area contributed by atoms with Crippen molar-refractivity contribution in [1.29, 1.82) is 0 Å². The van der Waals surface area contributed by atoms with Gasteiger partial charge < -0.3 is 20.3 Å². The van der Waals surface area contributed by atoms with Gasteiger partial charge in [0.15, 0.2) is 0 Å². The Balaban J connectivity index is 2.16. The van der Waals surface area contributed by atoms with Crippen LogP contribution in [0.25, 0.3) is 0 Å². The summed E-state index contributed by atoms with van der Waals surface area (Å²) in [4.78, 5) is 15.0. The zero-order valence-electron chi connectivity index (χ0n) is 10.9. The maximum atomic E-state index is 5.12. The molecule has 100 valence electrons. The van der Waals surface area contributed by atoms with Crippen LogP contribution in [0.15, 0.2) is 0 Å². The van der Waals surface area contributed by atoms with E-state index in [0.29, 0.717) is 17.9 Å².